The largest absolute Gasteiger partial charge is 0.504 e. The van der Waals surface area contributed by atoms with E-state index in [-0.39, 0.29) is 17.8 Å². The van der Waals surface area contributed by atoms with Gasteiger partial charge in [-0.25, -0.2) is 0 Å². The van der Waals surface area contributed by atoms with Crippen LogP contribution in [-0.2, 0) is 6.54 Å². The minimum atomic E-state index is -0.0250. The summed E-state index contributed by atoms with van der Waals surface area (Å²) in [4.78, 5) is 0. The van der Waals surface area contributed by atoms with Crippen LogP contribution in [0.3, 0.4) is 0 Å². The Labute approximate surface area is 129 Å². The molecule has 3 N–H and O–H groups in total. The van der Waals surface area contributed by atoms with E-state index in [1.165, 1.54) is 7.11 Å². The Morgan fingerprint density at radius 2 is 2.05 bits per heavy atom. The highest BCUT2D eigenvalue weighted by molar-refractivity contribution is 9.10. The molecule has 0 fully saturated rings. The maximum atomic E-state index is 10.0. The van der Waals surface area contributed by atoms with Gasteiger partial charge < -0.3 is 20.3 Å². The van der Waals surface area contributed by atoms with Crippen molar-refractivity contribution >= 4 is 15.9 Å². The monoisotopic (exact) mass is 345 g/mol. The second-order valence-electron chi connectivity index (χ2n) is 5.72. The van der Waals surface area contributed by atoms with E-state index in [0.717, 1.165) is 29.4 Å². The Morgan fingerprint density at radius 3 is 2.65 bits per heavy atom. The molecule has 0 aromatic heterocycles. The number of halogens is 1. The Kier molecular flexibility index (Phi) is 6.79. The van der Waals surface area contributed by atoms with E-state index in [1.807, 2.05) is 6.07 Å². The molecule has 20 heavy (non-hydrogen) atoms. The molecule has 1 aromatic rings. The van der Waals surface area contributed by atoms with Crippen LogP contribution in [0.15, 0.2) is 16.6 Å². The Hall–Kier alpha value is -0.780. The van der Waals surface area contributed by atoms with Crippen molar-refractivity contribution < 1.29 is 14.9 Å². The Bertz CT molecular complexity index is 435. The third-order valence-electron chi connectivity index (χ3n) is 3.29. The van der Waals surface area contributed by atoms with Gasteiger partial charge in [-0.3, -0.25) is 0 Å². The predicted octanol–water partition coefficient (Wildman–Crippen LogP) is 3.05. The third-order valence-corrected chi connectivity index (χ3v) is 3.75. The van der Waals surface area contributed by atoms with Crippen LogP contribution in [-0.4, -0.2) is 30.5 Å². The number of phenolic OH excluding ortho intramolecular Hbond substituents is 1. The van der Waals surface area contributed by atoms with Gasteiger partial charge in [0, 0.05) is 23.2 Å². The lowest BCUT2D eigenvalue weighted by molar-refractivity contribution is 0.148. The number of aliphatic hydroxyl groups is 1. The van der Waals surface area contributed by atoms with Gasteiger partial charge in [-0.15, -0.1) is 0 Å². The first kappa shape index (κ1) is 17.3. The van der Waals surface area contributed by atoms with Crippen LogP contribution in [0.2, 0.25) is 0 Å². The molecule has 0 atom stereocenters. The second kappa shape index (κ2) is 7.86. The molecule has 114 valence electrons. The summed E-state index contributed by atoms with van der Waals surface area (Å²) in [5.74, 6) is 0.650. The van der Waals surface area contributed by atoms with Gasteiger partial charge in [0.2, 0.25) is 0 Å². The molecule has 5 heteroatoms. The van der Waals surface area contributed by atoms with E-state index in [4.69, 9.17) is 4.74 Å². The fourth-order valence-electron chi connectivity index (χ4n) is 1.91. The molecular weight excluding hydrogens is 322 g/mol. The number of hydrogen-bond acceptors (Lipinski definition) is 4. The molecular formula is C15H24BrNO3. The first-order valence-electron chi connectivity index (χ1n) is 6.76. The molecule has 0 saturated heterocycles. The Morgan fingerprint density at radius 1 is 1.35 bits per heavy atom. The zero-order valence-corrected chi connectivity index (χ0v) is 14.0. The van der Waals surface area contributed by atoms with Crippen LogP contribution in [0.1, 0.15) is 32.3 Å². The van der Waals surface area contributed by atoms with Crippen molar-refractivity contribution in [3.63, 3.8) is 0 Å². The van der Waals surface area contributed by atoms with Crippen LogP contribution in [0.4, 0.5) is 0 Å². The summed E-state index contributed by atoms with van der Waals surface area (Å²) in [6.07, 6.45) is 1.95. The highest BCUT2D eigenvalue weighted by atomic mass is 79.9. The number of phenols is 1. The normalized spacial score (nSPS) is 11.7. The van der Waals surface area contributed by atoms with Crippen molar-refractivity contribution in [2.75, 3.05) is 20.3 Å². The predicted molar refractivity (Wildman–Crippen MR) is 84.2 cm³/mol. The lowest BCUT2D eigenvalue weighted by atomic mass is 9.89. The molecule has 0 saturated carbocycles. The number of hydrogen-bond donors (Lipinski definition) is 3. The quantitative estimate of drug-likeness (QED) is 0.633. The molecule has 0 radical (unpaired) electrons. The summed E-state index contributed by atoms with van der Waals surface area (Å²) >= 11 is 3.40. The molecule has 0 heterocycles. The van der Waals surface area contributed by atoms with Gasteiger partial charge in [-0.1, -0.05) is 29.8 Å². The van der Waals surface area contributed by atoms with Crippen molar-refractivity contribution in [1.29, 1.82) is 0 Å². The van der Waals surface area contributed by atoms with Crippen molar-refractivity contribution in [1.82, 2.24) is 5.32 Å². The van der Waals surface area contributed by atoms with Crippen LogP contribution in [0.25, 0.3) is 0 Å². The summed E-state index contributed by atoms with van der Waals surface area (Å²) in [7, 11) is 1.54. The SMILES string of the molecule is COc1cc(Br)cc(CNCCCC(C)(C)CO)c1O. The third kappa shape index (κ3) is 5.31. The maximum Gasteiger partial charge on any atom is 0.162 e. The fourth-order valence-corrected chi connectivity index (χ4v) is 2.40. The number of rotatable bonds is 8. The van der Waals surface area contributed by atoms with E-state index < -0.39 is 0 Å². The van der Waals surface area contributed by atoms with E-state index in [9.17, 15) is 10.2 Å². The first-order chi connectivity index (χ1) is 9.39. The molecule has 0 unspecified atom stereocenters. The average Bonchev–Trinajstić information content (AvgIpc) is 2.41. The highest BCUT2D eigenvalue weighted by Gasteiger charge is 2.15. The smallest absolute Gasteiger partial charge is 0.162 e. The molecule has 1 rings (SSSR count). The summed E-state index contributed by atoms with van der Waals surface area (Å²) in [5, 5.41) is 22.5. The fraction of sp³-hybridized carbons (Fsp3) is 0.600. The van der Waals surface area contributed by atoms with E-state index in [2.05, 4.69) is 35.1 Å². The van der Waals surface area contributed by atoms with Gasteiger partial charge in [0.25, 0.3) is 0 Å². The number of nitrogens with one attached hydrogen (secondary N) is 1. The van der Waals surface area contributed by atoms with Crippen LogP contribution < -0.4 is 10.1 Å². The minimum absolute atomic E-state index is 0.0250. The van der Waals surface area contributed by atoms with E-state index in [0.29, 0.717) is 12.3 Å². The summed E-state index contributed by atoms with van der Waals surface area (Å²) in [6.45, 7) is 5.74. The van der Waals surface area contributed by atoms with E-state index in [1.54, 1.807) is 6.07 Å². The number of benzene rings is 1. The topological polar surface area (TPSA) is 61.7 Å². The van der Waals surface area contributed by atoms with Crippen molar-refractivity contribution in [3.05, 3.63) is 22.2 Å². The highest BCUT2D eigenvalue weighted by Crippen LogP contribution is 2.33. The van der Waals surface area contributed by atoms with Gasteiger partial charge in [0.1, 0.15) is 0 Å². The van der Waals surface area contributed by atoms with Crippen molar-refractivity contribution in [3.8, 4) is 11.5 Å². The Balaban J connectivity index is 2.45. The molecule has 0 aliphatic heterocycles. The standard InChI is InChI=1S/C15H24BrNO3/c1-15(2,10-18)5-4-6-17-9-11-7-12(16)8-13(20-3)14(11)19/h7-8,17-19H,4-6,9-10H2,1-3H3. The summed E-state index contributed by atoms with van der Waals surface area (Å²) < 4.78 is 6.00. The van der Waals surface area contributed by atoms with E-state index >= 15 is 0 Å². The molecule has 4 nitrogen and oxygen atoms in total. The first-order valence-corrected chi connectivity index (χ1v) is 7.56. The number of methoxy groups -OCH3 is 1. The number of aliphatic hydroxyl groups excluding tert-OH is 1. The summed E-state index contributed by atoms with van der Waals surface area (Å²) in [6, 6.07) is 3.62. The maximum absolute atomic E-state index is 10.0. The van der Waals surface area contributed by atoms with Crippen molar-refractivity contribution in [2.45, 2.75) is 33.2 Å². The molecule has 0 spiro atoms. The molecule has 0 bridgehead atoms. The van der Waals surface area contributed by atoms with Crippen LogP contribution in [0.5, 0.6) is 11.5 Å². The molecule has 0 aliphatic carbocycles. The van der Waals surface area contributed by atoms with Gasteiger partial charge >= 0.3 is 0 Å². The van der Waals surface area contributed by atoms with Crippen LogP contribution in [0, 0.1) is 5.41 Å². The lowest BCUT2D eigenvalue weighted by Gasteiger charge is -2.21. The second-order valence-corrected chi connectivity index (χ2v) is 6.63. The molecule has 0 amide bonds. The number of ether oxygens (including phenoxy) is 1. The van der Waals surface area contributed by atoms with Gasteiger partial charge in [0.15, 0.2) is 11.5 Å². The molecule has 0 aliphatic rings. The minimum Gasteiger partial charge on any atom is -0.504 e. The average molecular weight is 346 g/mol. The number of aromatic hydroxyl groups is 1. The molecule has 1 aromatic carbocycles. The van der Waals surface area contributed by atoms with Gasteiger partial charge in [-0.2, -0.15) is 0 Å². The summed E-state index contributed by atoms with van der Waals surface area (Å²) in [5.41, 5.74) is 0.778. The van der Waals surface area contributed by atoms with Gasteiger partial charge in [0.05, 0.1) is 7.11 Å². The van der Waals surface area contributed by atoms with Gasteiger partial charge in [-0.05, 0) is 36.9 Å². The zero-order chi connectivity index (χ0) is 15.2. The van der Waals surface area contributed by atoms with Crippen LogP contribution >= 0.6 is 15.9 Å². The van der Waals surface area contributed by atoms with Crippen molar-refractivity contribution in [2.24, 2.45) is 5.41 Å². The zero-order valence-electron chi connectivity index (χ0n) is 12.4. The lowest BCUT2D eigenvalue weighted by Crippen LogP contribution is -2.21.